The molecule has 14 heavy (non-hydrogen) atoms. The summed E-state index contributed by atoms with van der Waals surface area (Å²) in [5.74, 6) is -0.0836. The number of phenols is 1. The lowest BCUT2D eigenvalue weighted by atomic mass is 10.1. The minimum absolute atomic E-state index is 0.0836. The van der Waals surface area contributed by atoms with Crippen LogP contribution in [0.5, 0.6) is 5.75 Å². The summed E-state index contributed by atoms with van der Waals surface area (Å²) in [5, 5.41) is 9.20. The Morgan fingerprint density at radius 2 is 2.07 bits per heavy atom. The van der Waals surface area contributed by atoms with E-state index in [0.717, 1.165) is 0 Å². The third-order valence-corrected chi connectivity index (χ3v) is 2.13. The first kappa shape index (κ1) is 11.2. The fourth-order valence-electron chi connectivity index (χ4n) is 1.08. The molecule has 0 unspecified atom stereocenters. The molecular formula is C9H10ClF2NO. The maximum Gasteiger partial charge on any atom is 0.240 e. The highest BCUT2D eigenvalue weighted by Crippen LogP contribution is 2.27. The van der Waals surface area contributed by atoms with Gasteiger partial charge in [0, 0.05) is 12.5 Å². The lowest BCUT2D eigenvalue weighted by molar-refractivity contribution is 0.128. The smallest absolute Gasteiger partial charge is 0.240 e. The highest BCUT2D eigenvalue weighted by Gasteiger charge is 2.13. The minimum Gasteiger partial charge on any atom is -0.506 e. The van der Waals surface area contributed by atoms with E-state index in [0.29, 0.717) is 5.56 Å². The molecule has 0 aliphatic rings. The number of alkyl halides is 2. The maximum atomic E-state index is 12.0. The summed E-state index contributed by atoms with van der Waals surface area (Å²) in [5.41, 5.74) is 5.99. The Balaban J connectivity index is 2.80. The SMILES string of the molecule is N[C@H](CC(F)F)c1ccc(O)c(Cl)c1. The summed E-state index contributed by atoms with van der Waals surface area (Å²) in [4.78, 5) is 0. The van der Waals surface area contributed by atoms with Gasteiger partial charge in [-0.15, -0.1) is 0 Å². The second kappa shape index (κ2) is 4.57. The molecule has 0 radical (unpaired) electrons. The standard InChI is InChI=1S/C9H10ClF2NO/c10-6-3-5(1-2-8(6)14)7(13)4-9(11)12/h1-3,7,9,14H,4,13H2/t7-/m1/s1. The van der Waals surface area contributed by atoms with Crippen LogP contribution in [0.25, 0.3) is 0 Å². The highest BCUT2D eigenvalue weighted by molar-refractivity contribution is 6.32. The molecule has 3 N–H and O–H groups in total. The van der Waals surface area contributed by atoms with E-state index >= 15 is 0 Å². The van der Waals surface area contributed by atoms with Crippen molar-refractivity contribution < 1.29 is 13.9 Å². The van der Waals surface area contributed by atoms with Gasteiger partial charge in [0.25, 0.3) is 0 Å². The number of rotatable bonds is 3. The Morgan fingerprint density at radius 3 is 2.57 bits per heavy atom. The van der Waals surface area contributed by atoms with Crippen LogP contribution in [0.1, 0.15) is 18.0 Å². The van der Waals surface area contributed by atoms with Gasteiger partial charge >= 0.3 is 0 Å². The van der Waals surface area contributed by atoms with Crippen molar-refractivity contribution in [2.24, 2.45) is 5.73 Å². The zero-order valence-corrected chi connectivity index (χ0v) is 8.01. The number of hydrogen-bond donors (Lipinski definition) is 2. The van der Waals surface area contributed by atoms with Crippen molar-refractivity contribution in [2.45, 2.75) is 18.9 Å². The van der Waals surface area contributed by atoms with E-state index in [4.69, 9.17) is 22.4 Å². The van der Waals surface area contributed by atoms with Crippen LogP contribution in [-0.4, -0.2) is 11.5 Å². The first-order chi connectivity index (χ1) is 6.50. The van der Waals surface area contributed by atoms with Crippen LogP contribution in [0.3, 0.4) is 0 Å². The second-order valence-electron chi connectivity index (χ2n) is 2.94. The van der Waals surface area contributed by atoms with Gasteiger partial charge < -0.3 is 10.8 Å². The summed E-state index contributed by atoms with van der Waals surface area (Å²) in [6.07, 6.45) is -2.86. The third-order valence-electron chi connectivity index (χ3n) is 1.83. The molecular weight excluding hydrogens is 212 g/mol. The Kier molecular flexibility index (Phi) is 3.66. The van der Waals surface area contributed by atoms with Crippen molar-refractivity contribution in [1.82, 2.24) is 0 Å². The molecule has 0 bridgehead atoms. The summed E-state index contributed by atoms with van der Waals surface area (Å²) in [6.45, 7) is 0. The molecule has 78 valence electrons. The van der Waals surface area contributed by atoms with E-state index in [-0.39, 0.29) is 10.8 Å². The van der Waals surface area contributed by atoms with Crippen molar-refractivity contribution in [3.05, 3.63) is 28.8 Å². The van der Waals surface area contributed by atoms with E-state index < -0.39 is 18.9 Å². The fraction of sp³-hybridized carbons (Fsp3) is 0.333. The number of halogens is 3. The van der Waals surface area contributed by atoms with Crippen LogP contribution in [0, 0.1) is 0 Å². The predicted molar refractivity (Wildman–Crippen MR) is 50.7 cm³/mol. The molecule has 0 fully saturated rings. The van der Waals surface area contributed by atoms with E-state index in [1.54, 1.807) is 0 Å². The number of hydrogen-bond acceptors (Lipinski definition) is 2. The summed E-state index contributed by atoms with van der Waals surface area (Å²) < 4.78 is 24.0. The summed E-state index contributed by atoms with van der Waals surface area (Å²) >= 11 is 5.60. The third kappa shape index (κ3) is 2.82. The molecule has 0 aliphatic heterocycles. The quantitative estimate of drug-likeness (QED) is 0.825. The second-order valence-corrected chi connectivity index (χ2v) is 3.35. The Labute approximate surface area is 85.3 Å². The van der Waals surface area contributed by atoms with Gasteiger partial charge in [0.2, 0.25) is 6.43 Å². The lowest BCUT2D eigenvalue weighted by Crippen LogP contribution is -2.13. The number of nitrogens with two attached hydrogens (primary N) is 1. The van der Waals surface area contributed by atoms with E-state index in [1.807, 2.05) is 0 Å². The van der Waals surface area contributed by atoms with Crippen LogP contribution >= 0.6 is 11.6 Å². The molecule has 1 rings (SSSR count). The maximum absolute atomic E-state index is 12.0. The lowest BCUT2D eigenvalue weighted by Gasteiger charge is -2.11. The van der Waals surface area contributed by atoms with Gasteiger partial charge in [0.15, 0.2) is 0 Å². The summed E-state index contributed by atoms with van der Waals surface area (Å²) in [6, 6.07) is 3.45. The van der Waals surface area contributed by atoms with E-state index in [9.17, 15) is 8.78 Å². The normalized spacial score (nSPS) is 13.2. The zero-order valence-electron chi connectivity index (χ0n) is 7.25. The molecule has 1 aromatic carbocycles. The predicted octanol–water partition coefficient (Wildman–Crippen LogP) is 2.70. The monoisotopic (exact) mass is 221 g/mol. The molecule has 0 amide bonds. The number of benzene rings is 1. The first-order valence-corrected chi connectivity index (χ1v) is 4.40. The number of phenolic OH excluding ortho intramolecular Hbond substituents is 1. The van der Waals surface area contributed by atoms with Crippen molar-refractivity contribution in [3.63, 3.8) is 0 Å². The van der Waals surface area contributed by atoms with Crippen LogP contribution < -0.4 is 5.73 Å². The van der Waals surface area contributed by atoms with Gasteiger partial charge in [-0.2, -0.15) is 0 Å². The van der Waals surface area contributed by atoms with Crippen molar-refractivity contribution in [3.8, 4) is 5.75 Å². The molecule has 0 saturated heterocycles. The number of aromatic hydroxyl groups is 1. The molecule has 0 heterocycles. The molecule has 0 saturated carbocycles. The van der Waals surface area contributed by atoms with Crippen molar-refractivity contribution in [2.75, 3.05) is 0 Å². The van der Waals surface area contributed by atoms with Gasteiger partial charge in [-0.25, -0.2) is 8.78 Å². The van der Waals surface area contributed by atoms with Crippen LogP contribution in [-0.2, 0) is 0 Å². The minimum atomic E-state index is -2.45. The molecule has 0 aliphatic carbocycles. The van der Waals surface area contributed by atoms with Gasteiger partial charge in [-0.05, 0) is 17.7 Å². The molecule has 0 spiro atoms. The molecule has 0 aromatic heterocycles. The van der Waals surface area contributed by atoms with Crippen LogP contribution in [0.4, 0.5) is 8.78 Å². The average Bonchev–Trinajstić information content (AvgIpc) is 2.08. The van der Waals surface area contributed by atoms with Gasteiger partial charge in [0.1, 0.15) is 5.75 Å². The van der Waals surface area contributed by atoms with Crippen LogP contribution in [0.15, 0.2) is 18.2 Å². The van der Waals surface area contributed by atoms with E-state index in [1.165, 1.54) is 18.2 Å². The topological polar surface area (TPSA) is 46.2 Å². The largest absolute Gasteiger partial charge is 0.506 e. The van der Waals surface area contributed by atoms with Crippen LogP contribution in [0.2, 0.25) is 5.02 Å². The molecule has 1 aromatic rings. The van der Waals surface area contributed by atoms with Crippen molar-refractivity contribution in [1.29, 1.82) is 0 Å². The molecule has 1 atom stereocenters. The van der Waals surface area contributed by atoms with Gasteiger partial charge in [0.05, 0.1) is 5.02 Å². The fourth-order valence-corrected chi connectivity index (χ4v) is 1.27. The highest BCUT2D eigenvalue weighted by atomic mass is 35.5. The zero-order chi connectivity index (χ0) is 10.7. The van der Waals surface area contributed by atoms with Gasteiger partial charge in [-0.3, -0.25) is 0 Å². The Hall–Kier alpha value is -0.870. The van der Waals surface area contributed by atoms with Crippen molar-refractivity contribution >= 4 is 11.6 Å². The first-order valence-electron chi connectivity index (χ1n) is 4.03. The molecule has 5 heteroatoms. The Morgan fingerprint density at radius 1 is 1.43 bits per heavy atom. The van der Waals surface area contributed by atoms with E-state index in [2.05, 4.69) is 0 Å². The van der Waals surface area contributed by atoms with Gasteiger partial charge in [-0.1, -0.05) is 17.7 Å². The summed E-state index contributed by atoms with van der Waals surface area (Å²) in [7, 11) is 0. The average molecular weight is 222 g/mol. The molecule has 2 nitrogen and oxygen atoms in total. The Bertz CT molecular complexity index is 320.